The molecule has 1 saturated heterocycles. The standard InChI is InChI=1S/C19H28N2O/c1-2-14-7-9-15(10-8-14)17-11-18(20)13-21(12-17)19(22)16-5-3-4-6-16/h7-10,16-18H,2-6,11-13,20H2,1H3. The van der Waals surface area contributed by atoms with E-state index >= 15 is 0 Å². The van der Waals surface area contributed by atoms with Gasteiger partial charge in [0.2, 0.25) is 5.91 Å². The zero-order valence-electron chi connectivity index (χ0n) is 13.6. The predicted molar refractivity (Wildman–Crippen MR) is 89.7 cm³/mol. The lowest BCUT2D eigenvalue weighted by atomic mass is 9.87. The molecule has 2 aliphatic rings. The van der Waals surface area contributed by atoms with E-state index in [1.165, 1.54) is 24.0 Å². The van der Waals surface area contributed by atoms with Crippen LogP contribution < -0.4 is 5.73 Å². The monoisotopic (exact) mass is 300 g/mol. The molecule has 2 unspecified atom stereocenters. The van der Waals surface area contributed by atoms with E-state index in [1.807, 2.05) is 4.90 Å². The summed E-state index contributed by atoms with van der Waals surface area (Å²) in [5.74, 6) is 0.997. The number of hydrogen-bond donors (Lipinski definition) is 1. The molecule has 120 valence electrons. The van der Waals surface area contributed by atoms with Crippen molar-refractivity contribution >= 4 is 5.91 Å². The van der Waals surface area contributed by atoms with E-state index in [2.05, 4.69) is 31.2 Å². The Kier molecular flexibility index (Phi) is 4.82. The molecular formula is C19H28N2O. The van der Waals surface area contributed by atoms with Gasteiger partial charge in [0.15, 0.2) is 0 Å². The highest BCUT2D eigenvalue weighted by Crippen LogP contribution is 2.31. The van der Waals surface area contributed by atoms with Crippen molar-refractivity contribution in [2.45, 2.75) is 57.4 Å². The molecule has 0 radical (unpaired) electrons. The largest absolute Gasteiger partial charge is 0.340 e. The van der Waals surface area contributed by atoms with Gasteiger partial charge in [-0.1, -0.05) is 44.0 Å². The summed E-state index contributed by atoms with van der Waals surface area (Å²) in [6, 6.07) is 8.96. The number of hydrogen-bond acceptors (Lipinski definition) is 2. The summed E-state index contributed by atoms with van der Waals surface area (Å²) < 4.78 is 0. The van der Waals surface area contributed by atoms with Crippen LogP contribution in [0.4, 0.5) is 0 Å². The Morgan fingerprint density at radius 2 is 1.86 bits per heavy atom. The van der Waals surface area contributed by atoms with E-state index in [9.17, 15) is 4.79 Å². The number of carbonyl (C=O) groups excluding carboxylic acids is 1. The highest BCUT2D eigenvalue weighted by molar-refractivity contribution is 5.79. The SMILES string of the molecule is CCc1ccc(C2CC(N)CN(C(=O)C3CCCC3)C2)cc1. The molecule has 1 amide bonds. The van der Waals surface area contributed by atoms with Gasteiger partial charge in [0.1, 0.15) is 0 Å². The van der Waals surface area contributed by atoms with Crippen LogP contribution in [0.2, 0.25) is 0 Å². The van der Waals surface area contributed by atoms with Crippen molar-refractivity contribution in [3.63, 3.8) is 0 Å². The van der Waals surface area contributed by atoms with Crippen LogP contribution >= 0.6 is 0 Å². The van der Waals surface area contributed by atoms with Gasteiger partial charge in [-0.15, -0.1) is 0 Å². The normalized spacial score (nSPS) is 26.4. The number of nitrogens with two attached hydrogens (primary N) is 1. The Labute approximate surface area is 133 Å². The molecule has 0 aromatic heterocycles. The lowest BCUT2D eigenvalue weighted by Gasteiger charge is -2.38. The third-order valence-corrected chi connectivity index (χ3v) is 5.36. The van der Waals surface area contributed by atoms with Crippen molar-refractivity contribution in [2.24, 2.45) is 11.7 Å². The van der Waals surface area contributed by atoms with Crippen molar-refractivity contribution in [3.05, 3.63) is 35.4 Å². The van der Waals surface area contributed by atoms with E-state index in [1.54, 1.807) is 0 Å². The first kappa shape index (κ1) is 15.5. The number of nitrogens with zero attached hydrogens (tertiary/aromatic N) is 1. The van der Waals surface area contributed by atoms with Crippen LogP contribution in [0, 0.1) is 5.92 Å². The third-order valence-electron chi connectivity index (χ3n) is 5.36. The van der Waals surface area contributed by atoms with Gasteiger partial charge in [0, 0.05) is 31.0 Å². The van der Waals surface area contributed by atoms with Crippen molar-refractivity contribution in [1.82, 2.24) is 4.90 Å². The second-order valence-electron chi connectivity index (χ2n) is 7.01. The molecule has 3 heteroatoms. The molecule has 2 N–H and O–H groups in total. The number of rotatable bonds is 3. The number of likely N-dealkylation sites (tertiary alicyclic amines) is 1. The van der Waals surface area contributed by atoms with Gasteiger partial charge in [-0.3, -0.25) is 4.79 Å². The van der Waals surface area contributed by atoms with Crippen molar-refractivity contribution in [2.75, 3.05) is 13.1 Å². The molecule has 1 saturated carbocycles. The Morgan fingerprint density at radius 1 is 1.18 bits per heavy atom. The Morgan fingerprint density at radius 3 is 2.50 bits per heavy atom. The first-order valence-electron chi connectivity index (χ1n) is 8.80. The van der Waals surface area contributed by atoms with E-state index < -0.39 is 0 Å². The summed E-state index contributed by atoms with van der Waals surface area (Å²) in [6.07, 6.45) is 6.61. The molecule has 1 aromatic carbocycles. The summed E-state index contributed by atoms with van der Waals surface area (Å²) in [6.45, 7) is 3.75. The molecule has 0 spiro atoms. The Balaban J connectivity index is 1.70. The smallest absolute Gasteiger partial charge is 0.225 e. The summed E-state index contributed by atoms with van der Waals surface area (Å²) in [7, 11) is 0. The van der Waals surface area contributed by atoms with Crippen LogP contribution in [-0.2, 0) is 11.2 Å². The molecule has 1 aliphatic carbocycles. The molecular weight excluding hydrogens is 272 g/mol. The van der Waals surface area contributed by atoms with Gasteiger partial charge in [0.25, 0.3) is 0 Å². The van der Waals surface area contributed by atoms with E-state index in [4.69, 9.17) is 5.73 Å². The number of amides is 1. The minimum absolute atomic E-state index is 0.106. The van der Waals surface area contributed by atoms with Gasteiger partial charge >= 0.3 is 0 Å². The number of aryl methyl sites for hydroxylation is 1. The van der Waals surface area contributed by atoms with Crippen LogP contribution in [0.15, 0.2) is 24.3 Å². The van der Waals surface area contributed by atoms with Crippen molar-refractivity contribution in [1.29, 1.82) is 0 Å². The molecule has 2 fully saturated rings. The maximum Gasteiger partial charge on any atom is 0.225 e. The number of piperidine rings is 1. The van der Waals surface area contributed by atoms with Crippen LogP contribution in [0.5, 0.6) is 0 Å². The van der Waals surface area contributed by atoms with Gasteiger partial charge in [0.05, 0.1) is 0 Å². The fraction of sp³-hybridized carbons (Fsp3) is 0.632. The zero-order chi connectivity index (χ0) is 15.5. The average Bonchev–Trinajstić information content (AvgIpc) is 3.08. The van der Waals surface area contributed by atoms with E-state index in [0.29, 0.717) is 11.8 Å². The number of benzene rings is 1. The minimum Gasteiger partial charge on any atom is -0.340 e. The van der Waals surface area contributed by atoms with E-state index in [0.717, 1.165) is 38.8 Å². The molecule has 3 nitrogen and oxygen atoms in total. The average molecular weight is 300 g/mol. The van der Waals surface area contributed by atoms with Gasteiger partial charge in [-0.05, 0) is 36.8 Å². The molecule has 22 heavy (non-hydrogen) atoms. The minimum atomic E-state index is 0.106. The van der Waals surface area contributed by atoms with Crippen molar-refractivity contribution in [3.8, 4) is 0 Å². The molecule has 2 atom stereocenters. The second kappa shape index (κ2) is 6.82. The fourth-order valence-electron chi connectivity index (χ4n) is 4.02. The van der Waals surface area contributed by atoms with Gasteiger partial charge < -0.3 is 10.6 Å². The second-order valence-corrected chi connectivity index (χ2v) is 7.01. The zero-order valence-corrected chi connectivity index (χ0v) is 13.6. The molecule has 1 aromatic rings. The number of carbonyl (C=O) groups is 1. The molecule has 0 bridgehead atoms. The lowest BCUT2D eigenvalue weighted by molar-refractivity contribution is -0.136. The Bertz CT molecular complexity index is 505. The fourth-order valence-corrected chi connectivity index (χ4v) is 4.02. The maximum absolute atomic E-state index is 12.7. The highest BCUT2D eigenvalue weighted by Gasteiger charge is 2.33. The summed E-state index contributed by atoms with van der Waals surface area (Å²) in [5.41, 5.74) is 8.95. The molecule has 1 heterocycles. The first-order chi connectivity index (χ1) is 10.7. The van der Waals surface area contributed by atoms with Crippen LogP contribution in [0.25, 0.3) is 0 Å². The summed E-state index contributed by atoms with van der Waals surface area (Å²) >= 11 is 0. The van der Waals surface area contributed by atoms with Crippen LogP contribution in [0.3, 0.4) is 0 Å². The van der Waals surface area contributed by atoms with Crippen LogP contribution in [0.1, 0.15) is 56.1 Å². The van der Waals surface area contributed by atoms with Gasteiger partial charge in [-0.2, -0.15) is 0 Å². The van der Waals surface area contributed by atoms with E-state index in [-0.39, 0.29) is 12.0 Å². The van der Waals surface area contributed by atoms with Crippen molar-refractivity contribution < 1.29 is 4.79 Å². The maximum atomic E-state index is 12.7. The first-order valence-corrected chi connectivity index (χ1v) is 8.80. The predicted octanol–water partition coefficient (Wildman–Crippen LogP) is 3.08. The lowest BCUT2D eigenvalue weighted by Crippen LogP contribution is -2.50. The highest BCUT2D eigenvalue weighted by atomic mass is 16.2. The summed E-state index contributed by atoms with van der Waals surface area (Å²) in [4.78, 5) is 14.7. The summed E-state index contributed by atoms with van der Waals surface area (Å²) in [5, 5.41) is 0. The molecule has 1 aliphatic heterocycles. The van der Waals surface area contributed by atoms with Crippen LogP contribution in [-0.4, -0.2) is 29.9 Å². The molecule has 3 rings (SSSR count). The quantitative estimate of drug-likeness (QED) is 0.932. The van der Waals surface area contributed by atoms with Gasteiger partial charge in [-0.25, -0.2) is 0 Å². The third kappa shape index (κ3) is 3.35. The Hall–Kier alpha value is -1.35. The topological polar surface area (TPSA) is 46.3 Å².